The van der Waals surface area contributed by atoms with Crippen molar-refractivity contribution in [2.24, 2.45) is 0 Å². The Kier molecular flexibility index (Phi) is 4.65. The van der Waals surface area contributed by atoms with Crippen molar-refractivity contribution in [2.75, 3.05) is 10.1 Å². The van der Waals surface area contributed by atoms with E-state index in [2.05, 4.69) is 5.16 Å². The molecule has 6 nitrogen and oxygen atoms in total. The number of anilines is 1. The molecule has 0 bridgehead atoms. The van der Waals surface area contributed by atoms with Gasteiger partial charge in [-0.2, -0.15) is 0 Å². The summed E-state index contributed by atoms with van der Waals surface area (Å²) in [5.74, 6) is 0.525. The largest absolute Gasteiger partial charge is 0.361 e. The van der Waals surface area contributed by atoms with Gasteiger partial charge >= 0.3 is 0 Å². The Balaban J connectivity index is 2.38. The van der Waals surface area contributed by atoms with E-state index in [0.29, 0.717) is 22.7 Å². The standard InChI is InChI=1S/C15H18N2O4S/c1-4-22(19,20)17(10-14-9-11(2)21-16-14)15-7-5-13(6-8-15)12(3)18/h5-9H,4,10H2,1-3H3. The Morgan fingerprint density at radius 1 is 1.27 bits per heavy atom. The summed E-state index contributed by atoms with van der Waals surface area (Å²) in [7, 11) is -3.47. The summed E-state index contributed by atoms with van der Waals surface area (Å²) in [6.07, 6.45) is 0. The highest BCUT2D eigenvalue weighted by atomic mass is 32.2. The molecule has 1 aromatic heterocycles. The molecule has 0 fully saturated rings. The first kappa shape index (κ1) is 16.2. The van der Waals surface area contributed by atoms with Crippen LogP contribution in [0.3, 0.4) is 0 Å². The van der Waals surface area contributed by atoms with Gasteiger partial charge < -0.3 is 4.52 Å². The molecule has 0 amide bonds. The molecule has 0 saturated heterocycles. The molecule has 22 heavy (non-hydrogen) atoms. The Morgan fingerprint density at radius 3 is 2.36 bits per heavy atom. The van der Waals surface area contributed by atoms with Crippen LogP contribution in [0.25, 0.3) is 0 Å². The van der Waals surface area contributed by atoms with Crippen molar-refractivity contribution in [2.45, 2.75) is 27.3 Å². The minimum absolute atomic E-state index is 0.0295. The second kappa shape index (κ2) is 6.31. The van der Waals surface area contributed by atoms with E-state index in [1.807, 2.05) is 0 Å². The summed E-state index contributed by atoms with van der Waals surface area (Å²) in [5, 5.41) is 3.84. The Morgan fingerprint density at radius 2 is 1.91 bits per heavy atom. The van der Waals surface area contributed by atoms with E-state index in [9.17, 15) is 13.2 Å². The summed E-state index contributed by atoms with van der Waals surface area (Å²) in [6.45, 7) is 4.89. The quantitative estimate of drug-likeness (QED) is 0.763. The summed E-state index contributed by atoms with van der Waals surface area (Å²) in [6, 6.07) is 8.17. The number of nitrogens with zero attached hydrogens (tertiary/aromatic N) is 2. The minimum atomic E-state index is -3.47. The van der Waals surface area contributed by atoms with E-state index >= 15 is 0 Å². The third-order valence-electron chi connectivity index (χ3n) is 3.24. The molecule has 1 aromatic carbocycles. The molecule has 0 unspecified atom stereocenters. The van der Waals surface area contributed by atoms with Gasteiger partial charge in [-0.1, -0.05) is 5.16 Å². The fourth-order valence-electron chi connectivity index (χ4n) is 2.01. The van der Waals surface area contributed by atoms with E-state index < -0.39 is 10.0 Å². The van der Waals surface area contributed by atoms with Gasteiger partial charge in [-0.25, -0.2) is 8.42 Å². The fourth-order valence-corrected chi connectivity index (χ4v) is 3.09. The third-order valence-corrected chi connectivity index (χ3v) is 4.99. The van der Waals surface area contributed by atoms with Crippen molar-refractivity contribution in [1.82, 2.24) is 5.16 Å². The molecule has 0 aliphatic heterocycles. The average Bonchev–Trinajstić information content (AvgIpc) is 2.90. The number of benzene rings is 1. The van der Waals surface area contributed by atoms with E-state index in [-0.39, 0.29) is 18.1 Å². The lowest BCUT2D eigenvalue weighted by Crippen LogP contribution is -2.32. The first-order chi connectivity index (χ1) is 10.3. The fraction of sp³-hybridized carbons (Fsp3) is 0.333. The zero-order chi connectivity index (χ0) is 16.3. The number of Topliss-reactive ketones (excluding diaryl/α,β-unsaturated/α-hetero) is 1. The summed E-state index contributed by atoms with van der Waals surface area (Å²) in [4.78, 5) is 11.3. The second-order valence-corrected chi connectivity index (χ2v) is 7.12. The number of rotatable bonds is 6. The highest BCUT2D eigenvalue weighted by Gasteiger charge is 2.22. The summed E-state index contributed by atoms with van der Waals surface area (Å²) < 4.78 is 30.9. The van der Waals surface area contributed by atoms with Crippen LogP contribution in [0.1, 0.15) is 35.7 Å². The van der Waals surface area contributed by atoms with Gasteiger partial charge in [-0.15, -0.1) is 0 Å². The smallest absolute Gasteiger partial charge is 0.235 e. The normalized spacial score (nSPS) is 11.4. The highest BCUT2D eigenvalue weighted by molar-refractivity contribution is 7.92. The van der Waals surface area contributed by atoms with Crippen LogP contribution in [0.2, 0.25) is 0 Å². The molecule has 1 heterocycles. The van der Waals surface area contributed by atoms with Crippen LogP contribution in [0.5, 0.6) is 0 Å². The summed E-state index contributed by atoms with van der Waals surface area (Å²) in [5.41, 5.74) is 1.56. The number of aromatic nitrogens is 1. The summed E-state index contributed by atoms with van der Waals surface area (Å²) >= 11 is 0. The maximum Gasteiger partial charge on any atom is 0.235 e. The lowest BCUT2D eigenvalue weighted by atomic mass is 10.1. The molecule has 0 aliphatic rings. The zero-order valence-electron chi connectivity index (χ0n) is 12.7. The Bertz CT molecular complexity index is 763. The topological polar surface area (TPSA) is 80.5 Å². The van der Waals surface area contributed by atoms with Crippen LogP contribution in [0, 0.1) is 6.92 Å². The molecule has 2 rings (SSSR count). The van der Waals surface area contributed by atoms with Crippen molar-refractivity contribution in [3.63, 3.8) is 0 Å². The number of ketones is 1. The van der Waals surface area contributed by atoms with Crippen LogP contribution >= 0.6 is 0 Å². The van der Waals surface area contributed by atoms with E-state index in [0.717, 1.165) is 0 Å². The Labute approximate surface area is 129 Å². The lowest BCUT2D eigenvalue weighted by molar-refractivity contribution is 0.101. The average molecular weight is 322 g/mol. The van der Waals surface area contributed by atoms with Crippen LogP contribution in [0.15, 0.2) is 34.9 Å². The van der Waals surface area contributed by atoms with Crippen LogP contribution in [0.4, 0.5) is 5.69 Å². The second-order valence-electron chi connectivity index (χ2n) is 4.94. The molecule has 0 atom stereocenters. The van der Waals surface area contributed by atoms with Crippen molar-refractivity contribution in [3.8, 4) is 0 Å². The van der Waals surface area contributed by atoms with Gasteiger partial charge in [-0.05, 0) is 45.0 Å². The molecule has 2 aromatic rings. The molecule has 0 N–H and O–H groups in total. The predicted octanol–water partition coefficient (Wildman–Crippen LogP) is 2.54. The number of hydrogen-bond acceptors (Lipinski definition) is 5. The van der Waals surface area contributed by atoms with Gasteiger partial charge in [0.05, 0.1) is 18.0 Å². The van der Waals surface area contributed by atoms with Crippen LogP contribution < -0.4 is 4.31 Å². The minimum Gasteiger partial charge on any atom is -0.361 e. The van der Waals surface area contributed by atoms with Crippen molar-refractivity contribution in [3.05, 3.63) is 47.3 Å². The number of sulfonamides is 1. The first-order valence-electron chi connectivity index (χ1n) is 6.87. The van der Waals surface area contributed by atoms with Gasteiger partial charge in [-0.3, -0.25) is 9.10 Å². The lowest BCUT2D eigenvalue weighted by Gasteiger charge is -2.22. The molecule has 0 spiro atoms. The van der Waals surface area contributed by atoms with Crippen LogP contribution in [-0.4, -0.2) is 25.1 Å². The van der Waals surface area contributed by atoms with Crippen LogP contribution in [-0.2, 0) is 16.6 Å². The van der Waals surface area contributed by atoms with E-state index in [1.165, 1.54) is 11.2 Å². The van der Waals surface area contributed by atoms with Gasteiger partial charge in [0.1, 0.15) is 11.5 Å². The SMILES string of the molecule is CCS(=O)(=O)N(Cc1cc(C)on1)c1ccc(C(C)=O)cc1. The number of aryl methyl sites for hydroxylation is 1. The molecule has 118 valence electrons. The monoisotopic (exact) mass is 322 g/mol. The van der Waals surface area contributed by atoms with Gasteiger partial charge in [0.25, 0.3) is 0 Å². The van der Waals surface area contributed by atoms with Crippen molar-refractivity contribution < 1.29 is 17.7 Å². The Hall–Kier alpha value is -2.15. The number of hydrogen-bond donors (Lipinski definition) is 0. The molecule has 0 saturated carbocycles. The van der Waals surface area contributed by atoms with Gasteiger partial charge in [0, 0.05) is 11.6 Å². The molecule has 0 aliphatic carbocycles. The third kappa shape index (κ3) is 3.54. The van der Waals surface area contributed by atoms with Crippen molar-refractivity contribution >= 4 is 21.5 Å². The van der Waals surface area contributed by atoms with Gasteiger partial charge in [0.2, 0.25) is 10.0 Å². The molecule has 7 heteroatoms. The van der Waals surface area contributed by atoms with E-state index in [1.54, 1.807) is 44.2 Å². The molecule has 0 radical (unpaired) electrons. The van der Waals surface area contributed by atoms with Gasteiger partial charge in [0.15, 0.2) is 5.78 Å². The number of carbonyl (C=O) groups is 1. The first-order valence-corrected chi connectivity index (χ1v) is 8.48. The maximum absolute atomic E-state index is 12.3. The van der Waals surface area contributed by atoms with E-state index in [4.69, 9.17) is 4.52 Å². The zero-order valence-corrected chi connectivity index (χ0v) is 13.6. The van der Waals surface area contributed by atoms with Crippen molar-refractivity contribution in [1.29, 1.82) is 0 Å². The number of carbonyl (C=O) groups excluding carboxylic acids is 1. The predicted molar refractivity (Wildman–Crippen MR) is 83.3 cm³/mol. The maximum atomic E-state index is 12.3. The highest BCUT2D eigenvalue weighted by Crippen LogP contribution is 2.22. The molecular formula is C15H18N2O4S. The molecular weight excluding hydrogens is 304 g/mol.